The number of nitrogens with one attached hydrogen (secondary N) is 1. The van der Waals surface area contributed by atoms with E-state index in [4.69, 9.17) is 4.74 Å². The third-order valence-electron chi connectivity index (χ3n) is 5.19. The lowest BCUT2D eigenvalue weighted by Crippen LogP contribution is -2.04. The number of rotatable bonds is 7. The minimum Gasteiger partial charge on any atom is -0.483 e. The highest BCUT2D eigenvalue weighted by Crippen LogP contribution is 2.35. The molecule has 0 saturated carbocycles. The highest BCUT2D eigenvalue weighted by Gasteiger charge is 2.16. The first kappa shape index (κ1) is 20.6. The first-order chi connectivity index (χ1) is 15.1. The lowest BCUT2D eigenvalue weighted by Gasteiger charge is -2.16. The molecule has 31 heavy (non-hydrogen) atoms. The summed E-state index contributed by atoms with van der Waals surface area (Å²) in [4.78, 5) is 9.05. The third kappa shape index (κ3) is 5.10. The van der Waals surface area contributed by atoms with Gasteiger partial charge in [0.15, 0.2) is 11.6 Å². The summed E-state index contributed by atoms with van der Waals surface area (Å²) in [5.74, 6) is 1.79. The largest absolute Gasteiger partial charge is 0.483 e. The molecule has 0 atom stereocenters. The van der Waals surface area contributed by atoms with Crippen LogP contribution in [-0.2, 0) is 6.61 Å². The number of ether oxygens (including phenoxy) is 1. The van der Waals surface area contributed by atoms with E-state index in [0.717, 1.165) is 22.5 Å². The van der Waals surface area contributed by atoms with E-state index < -0.39 is 0 Å². The van der Waals surface area contributed by atoms with Crippen molar-refractivity contribution in [3.63, 3.8) is 0 Å². The maximum Gasteiger partial charge on any atom is 0.188 e. The highest BCUT2D eigenvalue weighted by molar-refractivity contribution is 5.75. The molecule has 1 heterocycles. The summed E-state index contributed by atoms with van der Waals surface area (Å²) in [7, 11) is 0. The summed E-state index contributed by atoms with van der Waals surface area (Å²) in [6.45, 7) is 6.89. The Morgan fingerprint density at radius 2 is 1.55 bits per heavy atom. The standard InChI is InChI=1S/C27H27N3O/c1-19(2)22-13-15-24(16-14-22)30-27-26(31-17-21-7-5-4-6-8-21)25(28-18-29-27)23-11-9-20(3)10-12-23/h4-16,18-19H,17H2,1-3H3,(H,28,29,30). The van der Waals surface area contributed by atoms with Crippen LogP contribution in [0.5, 0.6) is 5.75 Å². The van der Waals surface area contributed by atoms with Crippen LogP contribution in [0.3, 0.4) is 0 Å². The molecule has 4 nitrogen and oxygen atoms in total. The summed E-state index contributed by atoms with van der Waals surface area (Å²) in [6, 6.07) is 26.8. The van der Waals surface area contributed by atoms with Gasteiger partial charge in [-0.2, -0.15) is 0 Å². The van der Waals surface area contributed by atoms with Gasteiger partial charge in [0, 0.05) is 11.3 Å². The minimum atomic E-state index is 0.439. The van der Waals surface area contributed by atoms with Crippen molar-refractivity contribution in [3.8, 4) is 17.0 Å². The quantitative estimate of drug-likeness (QED) is 0.361. The number of aromatic nitrogens is 2. The normalized spacial score (nSPS) is 10.8. The lowest BCUT2D eigenvalue weighted by molar-refractivity contribution is 0.307. The van der Waals surface area contributed by atoms with E-state index in [1.165, 1.54) is 11.1 Å². The molecule has 0 spiro atoms. The van der Waals surface area contributed by atoms with Crippen molar-refractivity contribution in [2.45, 2.75) is 33.3 Å². The first-order valence-electron chi connectivity index (χ1n) is 10.6. The first-order valence-corrected chi connectivity index (χ1v) is 10.6. The Labute approximate surface area is 184 Å². The Morgan fingerprint density at radius 1 is 0.839 bits per heavy atom. The van der Waals surface area contributed by atoms with Crippen LogP contribution in [-0.4, -0.2) is 9.97 Å². The predicted octanol–water partition coefficient (Wildman–Crippen LogP) is 6.90. The number of hydrogen-bond acceptors (Lipinski definition) is 4. The molecule has 0 radical (unpaired) electrons. The number of aryl methyl sites for hydroxylation is 1. The average Bonchev–Trinajstić information content (AvgIpc) is 2.80. The fraction of sp³-hybridized carbons (Fsp3) is 0.185. The van der Waals surface area contributed by atoms with Gasteiger partial charge in [-0.3, -0.25) is 0 Å². The SMILES string of the molecule is Cc1ccc(-c2ncnc(Nc3ccc(C(C)C)cc3)c2OCc2ccccc2)cc1. The monoisotopic (exact) mass is 409 g/mol. The van der Waals surface area contributed by atoms with Crippen molar-refractivity contribution < 1.29 is 4.74 Å². The number of benzene rings is 3. The fourth-order valence-electron chi connectivity index (χ4n) is 3.33. The van der Waals surface area contributed by atoms with Crippen LogP contribution >= 0.6 is 0 Å². The smallest absolute Gasteiger partial charge is 0.188 e. The summed E-state index contributed by atoms with van der Waals surface area (Å²) in [5, 5.41) is 3.42. The molecule has 4 rings (SSSR count). The van der Waals surface area contributed by atoms with Crippen LogP contribution in [0.15, 0.2) is 85.2 Å². The molecule has 0 unspecified atom stereocenters. The maximum absolute atomic E-state index is 6.29. The lowest BCUT2D eigenvalue weighted by atomic mass is 10.0. The second-order valence-corrected chi connectivity index (χ2v) is 7.94. The van der Waals surface area contributed by atoms with Gasteiger partial charge in [0.1, 0.15) is 18.6 Å². The van der Waals surface area contributed by atoms with Gasteiger partial charge in [0.05, 0.1) is 0 Å². The number of anilines is 2. The van der Waals surface area contributed by atoms with E-state index in [1.54, 1.807) is 6.33 Å². The number of hydrogen-bond donors (Lipinski definition) is 1. The van der Waals surface area contributed by atoms with Crippen molar-refractivity contribution in [3.05, 3.63) is 102 Å². The van der Waals surface area contributed by atoms with E-state index in [2.05, 4.69) is 84.6 Å². The van der Waals surface area contributed by atoms with E-state index in [9.17, 15) is 0 Å². The van der Waals surface area contributed by atoms with Gasteiger partial charge in [0.25, 0.3) is 0 Å². The molecule has 1 N–H and O–H groups in total. The van der Waals surface area contributed by atoms with Gasteiger partial charge < -0.3 is 10.1 Å². The Bertz CT molecular complexity index is 1120. The van der Waals surface area contributed by atoms with E-state index in [0.29, 0.717) is 24.1 Å². The highest BCUT2D eigenvalue weighted by atomic mass is 16.5. The van der Waals surface area contributed by atoms with Gasteiger partial charge >= 0.3 is 0 Å². The van der Waals surface area contributed by atoms with Crippen molar-refractivity contribution in [1.82, 2.24) is 9.97 Å². The zero-order chi connectivity index (χ0) is 21.6. The van der Waals surface area contributed by atoms with Crippen molar-refractivity contribution in [2.75, 3.05) is 5.32 Å². The van der Waals surface area contributed by atoms with Crippen molar-refractivity contribution >= 4 is 11.5 Å². The molecular formula is C27H27N3O. The molecule has 4 heteroatoms. The third-order valence-corrected chi connectivity index (χ3v) is 5.19. The van der Waals surface area contributed by atoms with Gasteiger partial charge in [0.2, 0.25) is 0 Å². The molecule has 0 aliphatic carbocycles. The predicted molar refractivity (Wildman–Crippen MR) is 127 cm³/mol. The van der Waals surface area contributed by atoms with Crippen LogP contribution < -0.4 is 10.1 Å². The van der Waals surface area contributed by atoms with Gasteiger partial charge in [-0.25, -0.2) is 9.97 Å². The molecular weight excluding hydrogens is 382 g/mol. The Morgan fingerprint density at radius 3 is 2.23 bits per heavy atom. The van der Waals surface area contributed by atoms with E-state index >= 15 is 0 Å². The number of nitrogens with zero attached hydrogens (tertiary/aromatic N) is 2. The summed E-state index contributed by atoms with van der Waals surface area (Å²) < 4.78 is 6.29. The molecule has 0 aliphatic heterocycles. The molecule has 1 aromatic heterocycles. The fourth-order valence-corrected chi connectivity index (χ4v) is 3.33. The molecule has 4 aromatic rings. The summed E-state index contributed by atoms with van der Waals surface area (Å²) >= 11 is 0. The van der Waals surface area contributed by atoms with Crippen molar-refractivity contribution in [1.29, 1.82) is 0 Å². The van der Waals surface area contributed by atoms with Crippen LogP contribution in [0, 0.1) is 6.92 Å². The van der Waals surface area contributed by atoms with Crippen LogP contribution in [0.2, 0.25) is 0 Å². The molecule has 0 fully saturated rings. The molecule has 156 valence electrons. The Hall–Kier alpha value is -3.66. The van der Waals surface area contributed by atoms with Crippen LogP contribution in [0.25, 0.3) is 11.3 Å². The topological polar surface area (TPSA) is 47.0 Å². The summed E-state index contributed by atoms with van der Waals surface area (Å²) in [6.07, 6.45) is 1.58. The molecule has 0 bridgehead atoms. The second kappa shape index (κ2) is 9.43. The molecule has 0 amide bonds. The zero-order valence-corrected chi connectivity index (χ0v) is 18.2. The van der Waals surface area contributed by atoms with E-state index in [1.807, 2.05) is 30.3 Å². The van der Waals surface area contributed by atoms with Crippen LogP contribution in [0.1, 0.15) is 36.5 Å². The zero-order valence-electron chi connectivity index (χ0n) is 18.2. The summed E-state index contributed by atoms with van der Waals surface area (Å²) in [5.41, 5.74) is 6.32. The Balaban J connectivity index is 1.69. The van der Waals surface area contributed by atoms with Gasteiger partial charge in [-0.1, -0.05) is 86.1 Å². The molecule has 0 saturated heterocycles. The van der Waals surface area contributed by atoms with Crippen LogP contribution in [0.4, 0.5) is 11.5 Å². The van der Waals surface area contributed by atoms with Crippen molar-refractivity contribution in [2.24, 2.45) is 0 Å². The average molecular weight is 410 g/mol. The van der Waals surface area contributed by atoms with E-state index in [-0.39, 0.29) is 0 Å². The van der Waals surface area contributed by atoms with Gasteiger partial charge in [-0.05, 0) is 36.1 Å². The second-order valence-electron chi connectivity index (χ2n) is 7.94. The molecule has 0 aliphatic rings. The minimum absolute atomic E-state index is 0.439. The molecule has 3 aromatic carbocycles. The maximum atomic E-state index is 6.29. The Kier molecular flexibility index (Phi) is 6.27. The van der Waals surface area contributed by atoms with Gasteiger partial charge in [-0.15, -0.1) is 0 Å².